The Hall–Kier alpha value is -0.600. The quantitative estimate of drug-likeness (QED) is 0.736. The first-order valence-electron chi connectivity index (χ1n) is 5.85. The summed E-state index contributed by atoms with van der Waals surface area (Å²) in [6, 6.07) is 2.10. The third kappa shape index (κ3) is 2.38. The molecule has 2 nitrogen and oxygen atoms in total. The van der Waals surface area contributed by atoms with Gasteiger partial charge in [0.25, 0.3) is 0 Å². The molecule has 0 unspecified atom stereocenters. The number of hydrogen-bond acceptors (Lipinski definition) is 2. The van der Waals surface area contributed by atoms with Crippen molar-refractivity contribution in [1.29, 1.82) is 0 Å². The molecule has 1 saturated heterocycles. The van der Waals surface area contributed by atoms with Crippen molar-refractivity contribution < 1.29 is 0 Å². The molecule has 2 rings (SSSR count). The van der Waals surface area contributed by atoms with Crippen molar-refractivity contribution in [2.75, 3.05) is 13.1 Å². The minimum atomic E-state index is 0.0611. The van der Waals surface area contributed by atoms with Crippen LogP contribution in [0.2, 0.25) is 5.15 Å². The van der Waals surface area contributed by atoms with E-state index in [1.54, 1.807) is 0 Å². The van der Waals surface area contributed by atoms with E-state index in [2.05, 4.69) is 36.7 Å². The highest BCUT2D eigenvalue weighted by molar-refractivity contribution is 6.30. The minimum Gasteiger partial charge on any atom is -0.299 e. The lowest BCUT2D eigenvalue weighted by Crippen LogP contribution is -2.37. The van der Waals surface area contributed by atoms with E-state index in [-0.39, 0.29) is 5.41 Å². The van der Waals surface area contributed by atoms with Gasteiger partial charge in [-0.25, -0.2) is 4.98 Å². The van der Waals surface area contributed by atoms with Crippen LogP contribution in [0.25, 0.3) is 0 Å². The molecule has 0 spiro atoms. The van der Waals surface area contributed by atoms with E-state index in [0.717, 1.165) is 6.54 Å². The topological polar surface area (TPSA) is 16.1 Å². The lowest BCUT2D eigenvalue weighted by Gasteiger charge is -2.33. The third-order valence-electron chi connectivity index (χ3n) is 3.08. The summed E-state index contributed by atoms with van der Waals surface area (Å²) >= 11 is 6.23. The third-order valence-corrected chi connectivity index (χ3v) is 3.37. The van der Waals surface area contributed by atoms with E-state index in [1.807, 2.05) is 6.20 Å². The van der Waals surface area contributed by atoms with Crippen LogP contribution in [0.1, 0.15) is 38.3 Å². The number of rotatable bonds is 2. The molecule has 1 aromatic rings. The maximum Gasteiger partial charge on any atom is 0.133 e. The summed E-state index contributed by atoms with van der Waals surface area (Å²) in [7, 11) is 0. The fourth-order valence-corrected chi connectivity index (χ4v) is 2.64. The van der Waals surface area contributed by atoms with Crippen LogP contribution in [0.3, 0.4) is 0 Å². The van der Waals surface area contributed by atoms with E-state index >= 15 is 0 Å². The fourth-order valence-electron chi connectivity index (χ4n) is 2.18. The summed E-state index contributed by atoms with van der Waals surface area (Å²) in [6.45, 7) is 10.0. The van der Waals surface area contributed by atoms with E-state index in [9.17, 15) is 0 Å². The van der Waals surface area contributed by atoms with Crippen LogP contribution in [-0.4, -0.2) is 23.0 Å². The molecule has 1 fully saturated rings. The van der Waals surface area contributed by atoms with Gasteiger partial charge in [0.15, 0.2) is 0 Å². The number of halogens is 1. The Morgan fingerprint density at radius 1 is 1.38 bits per heavy atom. The van der Waals surface area contributed by atoms with Crippen LogP contribution in [0, 0.1) is 0 Å². The average Bonchev–Trinajstić information content (AvgIpc) is 2.09. The number of likely N-dealkylation sites (tertiary alicyclic amines) is 1. The van der Waals surface area contributed by atoms with Crippen molar-refractivity contribution >= 4 is 11.6 Å². The van der Waals surface area contributed by atoms with Gasteiger partial charge in [-0.1, -0.05) is 32.4 Å². The van der Waals surface area contributed by atoms with Gasteiger partial charge in [-0.15, -0.1) is 0 Å². The smallest absolute Gasteiger partial charge is 0.133 e. The maximum atomic E-state index is 6.23. The predicted molar refractivity (Wildman–Crippen MR) is 67.8 cm³/mol. The summed E-state index contributed by atoms with van der Waals surface area (Å²) in [6.07, 6.45) is 3.14. The van der Waals surface area contributed by atoms with Crippen LogP contribution < -0.4 is 0 Å². The van der Waals surface area contributed by atoms with Crippen molar-refractivity contribution in [3.63, 3.8) is 0 Å². The SMILES string of the molecule is CC(C)(C)c1c(CN2CCC2)ccnc1Cl. The van der Waals surface area contributed by atoms with Gasteiger partial charge in [0.1, 0.15) is 5.15 Å². The molecule has 0 aromatic carbocycles. The Morgan fingerprint density at radius 2 is 2.06 bits per heavy atom. The zero-order valence-electron chi connectivity index (χ0n) is 10.3. The first-order chi connectivity index (χ1) is 7.48. The maximum absolute atomic E-state index is 6.23. The first-order valence-corrected chi connectivity index (χ1v) is 6.22. The molecule has 0 bridgehead atoms. The van der Waals surface area contributed by atoms with E-state index < -0.39 is 0 Å². The van der Waals surface area contributed by atoms with Crippen molar-refractivity contribution in [2.45, 2.75) is 39.2 Å². The zero-order valence-corrected chi connectivity index (χ0v) is 11.0. The molecule has 0 atom stereocenters. The summed E-state index contributed by atoms with van der Waals surface area (Å²) in [5, 5.41) is 0.658. The predicted octanol–water partition coefficient (Wildman–Crippen LogP) is 3.24. The summed E-state index contributed by atoms with van der Waals surface area (Å²) in [4.78, 5) is 6.65. The van der Waals surface area contributed by atoms with Gasteiger partial charge in [0.05, 0.1) is 0 Å². The van der Waals surface area contributed by atoms with Crippen LogP contribution in [0.4, 0.5) is 0 Å². The molecule has 88 valence electrons. The van der Waals surface area contributed by atoms with Gasteiger partial charge in [-0.3, -0.25) is 4.90 Å². The molecule has 0 saturated carbocycles. The summed E-state index contributed by atoms with van der Waals surface area (Å²) in [5.74, 6) is 0. The zero-order chi connectivity index (χ0) is 11.8. The second-order valence-corrected chi connectivity index (χ2v) is 5.87. The Kier molecular flexibility index (Phi) is 3.22. The minimum absolute atomic E-state index is 0.0611. The second-order valence-electron chi connectivity index (χ2n) is 5.52. The van der Waals surface area contributed by atoms with E-state index in [1.165, 1.54) is 30.6 Å². The monoisotopic (exact) mass is 238 g/mol. The van der Waals surface area contributed by atoms with Gasteiger partial charge in [0, 0.05) is 12.7 Å². The highest BCUT2D eigenvalue weighted by Crippen LogP contribution is 2.32. The van der Waals surface area contributed by atoms with Crippen LogP contribution in [-0.2, 0) is 12.0 Å². The molecule has 1 aliphatic heterocycles. The fraction of sp³-hybridized carbons (Fsp3) is 0.615. The largest absolute Gasteiger partial charge is 0.299 e. The van der Waals surface area contributed by atoms with Gasteiger partial charge in [-0.05, 0) is 42.1 Å². The van der Waals surface area contributed by atoms with Crippen molar-refractivity contribution in [2.24, 2.45) is 0 Å². The average molecular weight is 239 g/mol. The molecular weight excluding hydrogens is 220 g/mol. The van der Waals surface area contributed by atoms with Crippen molar-refractivity contribution in [1.82, 2.24) is 9.88 Å². The molecule has 0 N–H and O–H groups in total. The lowest BCUT2D eigenvalue weighted by molar-refractivity contribution is 0.171. The molecular formula is C13H19ClN2. The van der Waals surface area contributed by atoms with Gasteiger partial charge >= 0.3 is 0 Å². The van der Waals surface area contributed by atoms with Gasteiger partial charge < -0.3 is 0 Å². The summed E-state index contributed by atoms with van der Waals surface area (Å²) in [5.41, 5.74) is 2.58. The Morgan fingerprint density at radius 3 is 2.56 bits per heavy atom. The van der Waals surface area contributed by atoms with E-state index in [4.69, 9.17) is 11.6 Å². The van der Waals surface area contributed by atoms with Crippen LogP contribution >= 0.6 is 11.6 Å². The molecule has 0 aliphatic carbocycles. The van der Waals surface area contributed by atoms with E-state index in [0.29, 0.717) is 5.15 Å². The molecule has 2 heterocycles. The van der Waals surface area contributed by atoms with Crippen molar-refractivity contribution in [3.8, 4) is 0 Å². The number of pyridine rings is 1. The molecule has 16 heavy (non-hydrogen) atoms. The molecule has 0 amide bonds. The van der Waals surface area contributed by atoms with Gasteiger partial charge in [-0.2, -0.15) is 0 Å². The van der Waals surface area contributed by atoms with Crippen molar-refractivity contribution in [3.05, 3.63) is 28.5 Å². The number of aromatic nitrogens is 1. The van der Waals surface area contributed by atoms with Crippen LogP contribution in [0.15, 0.2) is 12.3 Å². The molecule has 0 radical (unpaired) electrons. The number of nitrogens with zero attached hydrogens (tertiary/aromatic N) is 2. The first kappa shape index (κ1) is 11.9. The highest BCUT2D eigenvalue weighted by Gasteiger charge is 2.24. The summed E-state index contributed by atoms with van der Waals surface area (Å²) < 4.78 is 0. The molecule has 3 heteroatoms. The van der Waals surface area contributed by atoms with Gasteiger partial charge in [0.2, 0.25) is 0 Å². The Balaban J connectivity index is 2.31. The standard InChI is InChI=1S/C13H19ClN2/c1-13(2,3)11-10(5-6-15-12(11)14)9-16-7-4-8-16/h5-6H,4,7-9H2,1-3H3. The molecule has 1 aliphatic rings. The number of hydrogen-bond donors (Lipinski definition) is 0. The van der Waals surface area contributed by atoms with Crippen LogP contribution in [0.5, 0.6) is 0 Å². The second kappa shape index (κ2) is 4.34. The highest BCUT2D eigenvalue weighted by atomic mass is 35.5. The normalized spacial score (nSPS) is 17.2. The lowest BCUT2D eigenvalue weighted by atomic mass is 9.84. The Labute approximate surface area is 103 Å². The molecule has 1 aromatic heterocycles. The Bertz CT molecular complexity index is 378.